The van der Waals surface area contributed by atoms with Gasteiger partial charge in [0.25, 0.3) is 0 Å². The summed E-state index contributed by atoms with van der Waals surface area (Å²) in [5, 5.41) is 8.79. The smallest absolute Gasteiger partial charge is 0.174 e. The molecule has 4 nitrogen and oxygen atoms in total. The fourth-order valence-electron chi connectivity index (χ4n) is 0.572. The lowest BCUT2D eigenvalue weighted by Crippen LogP contribution is -2.06. The van der Waals surface area contributed by atoms with Crippen molar-refractivity contribution in [2.24, 2.45) is 0 Å². The van der Waals surface area contributed by atoms with Gasteiger partial charge in [-0.1, -0.05) is 0 Å². The van der Waals surface area contributed by atoms with E-state index in [1.807, 2.05) is 0 Å². The molecule has 0 fully saturated rings. The lowest BCUT2D eigenvalue weighted by atomic mass is 10.2. The van der Waals surface area contributed by atoms with E-state index in [-0.39, 0.29) is 18.0 Å². The number of ketones is 2. The van der Waals surface area contributed by atoms with Crippen molar-refractivity contribution in [3.63, 3.8) is 0 Å². The normalized spacial score (nSPS) is 13.2. The van der Waals surface area contributed by atoms with Gasteiger partial charge in [0, 0.05) is 7.11 Å². The first kappa shape index (κ1) is 11.0. The van der Waals surface area contributed by atoms with Crippen LogP contribution < -0.4 is 0 Å². The molecule has 0 radical (unpaired) electrons. The summed E-state index contributed by atoms with van der Waals surface area (Å²) in [6.45, 7) is 1.33. The third-order valence-electron chi connectivity index (χ3n) is 1.11. The largest absolute Gasteiger partial charge is 0.365 e. The van der Waals surface area contributed by atoms with Crippen molar-refractivity contribution in [2.75, 3.05) is 7.11 Å². The van der Waals surface area contributed by atoms with Gasteiger partial charge in [0.1, 0.15) is 5.78 Å². The fraction of sp³-hybridized carbons (Fsp3) is 0.500. The summed E-state index contributed by atoms with van der Waals surface area (Å²) < 4.78 is 4.44. The Kier molecular flexibility index (Phi) is 5.16. The summed E-state index contributed by atoms with van der Waals surface area (Å²) in [6, 6.07) is 0. The van der Waals surface area contributed by atoms with E-state index in [1.54, 1.807) is 0 Å². The number of hydrogen-bond acceptors (Lipinski definition) is 4. The first-order valence-corrected chi connectivity index (χ1v) is 3.47. The minimum atomic E-state index is -1.08. The van der Waals surface area contributed by atoms with E-state index in [1.165, 1.54) is 20.1 Å². The Morgan fingerprint density at radius 2 is 2.17 bits per heavy atom. The summed E-state index contributed by atoms with van der Waals surface area (Å²) in [6.07, 6.45) is 1.11. The Labute approximate surface area is 70.8 Å². The number of aliphatic hydroxyl groups excluding tert-OH is 1. The maximum Gasteiger partial charge on any atom is 0.174 e. The minimum Gasteiger partial charge on any atom is -0.365 e. The highest BCUT2D eigenvalue weighted by Gasteiger charge is 2.01. The van der Waals surface area contributed by atoms with E-state index in [2.05, 4.69) is 4.74 Å². The second-order valence-corrected chi connectivity index (χ2v) is 2.33. The van der Waals surface area contributed by atoms with Crippen LogP contribution in [0.1, 0.15) is 13.3 Å². The third-order valence-corrected chi connectivity index (χ3v) is 1.11. The van der Waals surface area contributed by atoms with Crippen LogP contribution in [0.25, 0.3) is 0 Å². The van der Waals surface area contributed by atoms with Crippen LogP contribution in [-0.4, -0.2) is 30.1 Å². The molecule has 1 unspecified atom stereocenters. The van der Waals surface area contributed by atoms with Crippen molar-refractivity contribution >= 4 is 11.6 Å². The molecule has 1 N–H and O–H groups in total. The third kappa shape index (κ3) is 5.76. The van der Waals surface area contributed by atoms with E-state index >= 15 is 0 Å². The van der Waals surface area contributed by atoms with E-state index in [0.29, 0.717) is 0 Å². The lowest BCUT2D eigenvalue weighted by Gasteiger charge is -1.99. The molecule has 0 rings (SSSR count). The lowest BCUT2D eigenvalue weighted by molar-refractivity contribution is -0.123. The number of hydrogen-bond donors (Lipinski definition) is 1. The number of ether oxygens (including phenoxy) is 1. The van der Waals surface area contributed by atoms with Gasteiger partial charge in [0.15, 0.2) is 12.1 Å². The predicted molar refractivity (Wildman–Crippen MR) is 42.5 cm³/mol. The zero-order valence-corrected chi connectivity index (χ0v) is 7.11. The number of rotatable bonds is 5. The molecule has 0 aliphatic heterocycles. The van der Waals surface area contributed by atoms with Gasteiger partial charge in [-0.2, -0.15) is 0 Å². The summed E-state index contributed by atoms with van der Waals surface area (Å²) in [4.78, 5) is 21.2. The van der Waals surface area contributed by atoms with Crippen molar-refractivity contribution in [3.05, 3.63) is 12.2 Å². The molecule has 0 saturated carbocycles. The van der Waals surface area contributed by atoms with Crippen molar-refractivity contribution in [2.45, 2.75) is 19.6 Å². The standard InChI is InChI=1S/C8H12O4/c1-6(9)5-7(10)3-4-8(11)12-2/h3-4,8,11H,5H2,1-2H3/b4-3+. The van der Waals surface area contributed by atoms with Gasteiger partial charge in [-0.05, 0) is 19.1 Å². The maximum atomic E-state index is 10.8. The molecule has 0 amide bonds. The highest BCUT2D eigenvalue weighted by molar-refractivity contribution is 6.03. The Morgan fingerprint density at radius 1 is 1.58 bits per heavy atom. The molecule has 0 aliphatic carbocycles. The second kappa shape index (κ2) is 5.62. The van der Waals surface area contributed by atoms with E-state index < -0.39 is 6.29 Å². The van der Waals surface area contributed by atoms with Gasteiger partial charge in [-0.25, -0.2) is 0 Å². The molecule has 0 aromatic rings. The number of methoxy groups -OCH3 is 1. The highest BCUT2D eigenvalue weighted by Crippen LogP contribution is 1.91. The molecule has 68 valence electrons. The van der Waals surface area contributed by atoms with Crippen LogP contribution in [0.2, 0.25) is 0 Å². The molecular formula is C8H12O4. The second-order valence-electron chi connectivity index (χ2n) is 2.33. The van der Waals surface area contributed by atoms with Gasteiger partial charge < -0.3 is 9.84 Å². The monoisotopic (exact) mass is 172 g/mol. The zero-order valence-electron chi connectivity index (χ0n) is 7.11. The van der Waals surface area contributed by atoms with Crippen molar-refractivity contribution < 1.29 is 19.4 Å². The van der Waals surface area contributed by atoms with Gasteiger partial charge in [0.2, 0.25) is 0 Å². The quantitative estimate of drug-likeness (QED) is 0.361. The molecule has 0 bridgehead atoms. The van der Waals surface area contributed by atoms with Crippen LogP contribution in [0.5, 0.6) is 0 Å². The van der Waals surface area contributed by atoms with E-state index in [4.69, 9.17) is 5.11 Å². The number of allylic oxidation sites excluding steroid dienone is 1. The number of carbonyl (C=O) groups excluding carboxylic acids is 2. The van der Waals surface area contributed by atoms with Crippen LogP contribution >= 0.6 is 0 Å². The fourth-order valence-corrected chi connectivity index (χ4v) is 0.572. The minimum absolute atomic E-state index is 0.132. The Bertz CT molecular complexity index is 195. The number of carbonyl (C=O) groups is 2. The number of Topliss-reactive ketones (excluding diaryl/α,β-unsaturated/α-hetero) is 1. The van der Waals surface area contributed by atoms with Crippen molar-refractivity contribution in [1.82, 2.24) is 0 Å². The van der Waals surface area contributed by atoms with Crippen LogP contribution in [0, 0.1) is 0 Å². The topological polar surface area (TPSA) is 63.6 Å². The molecule has 12 heavy (non-hydrogen) atoms. The Balaban J connectivity index is 3.83. The summed E-state index contributed by atoms with van der Waals surface area (Å²) in [5.41, 5.74) is 0. The first-order valence-electron chi connectivity index (χ1n) is 3.47. The molecule has 1 atom stereocenters. The van der Waals surface area contributed by atoms with Gasteiger partial charge in [0.05, 0.1) is 6.42 Å². The molecule has 0 aromatic carbocycles. The summed E-state index contributed by atoms with van der Waals surface area (Å²) in [5.74, 6) is -0.532. The SMILES string of the molecule is COC(O)/C=C/C(=O)CC(C)=O. The molecule has 0 aromatic heterocycles. The van der Waals surface area contributed by atoms with Crippen molar-refractivity contribution in [3.8, 4) is 0 Å². The molecule has 0 aliphatic rings. The molecule has 4 heteroatoms. The summed E-state index contributed by atoms with van der Waals surface area (Å²) in [7, 11) is 1.31. The summed E-state index contributed by atoms with van der Waals surface area (Å²) >= 11 is 0. The molecule has 0 heterocycles. The number of aliphatic hydroxyl groups is 1. The van der Waals surface area contributed by atoms with Crippen LogP contribution in [0.4, 0.5) is 0 Å². The van der Waals surface area contributed by atoms with E-state index in [9.17, 15) is 9.59 Å². The first-order chi connectivity index (χ1) is 5.56. The molecule has 0 spiro atoms. The van der Waals surface area contributed by atoms with Crippen LogP contribution in [0.3, 0.4) is 0 Å². The van der Waals surface area contributed by atoms with Crippen molar-refractivity contribution in [1.29, 1.82) is 0 Å². The van der Waals surface area contributed by atoms with Gasteiger partial charge in [-0.15, -0.1) is 0 Å². The van der Waals surface area contributed by atoms with Gasteiger partial charge >= 0.3 is 0 Å². The maximum absolute atomic E-state index is 10.8. The Hall–Kier alpha value is -1.00. The van der Waals surface area contributed by atoms with Gasteiger partial charge in [-0.3, -0.25) is 9.59 Å². The van der Waals surface area contributed by atoms with E-state index in [0.717, 1.165) is 6.08 Å². The van der Waals surface area contributed by atoms with Crippen LogP contribution in [-0.2, 0) is 14.3 Å². The zero-order chi connectivity index (χ0) is 9.56. The highest BCUT2D eigenvalue weighted by atomic mass is 16.6. The molecule has 0 saturated heterocycles. The Morgan fingerprint density at radius 3 is 2.58 bits per heavy atom. The predicted octanol–water partition coefficient (Wildman–Crippen LogP) is 0.0556. The average Bonchev–Trinajstić information content (AvgIpc) is 1.99. The molecular weight excluding hydrogens is 160 g/mol. The average molecular weight is 172 g/mol. The van der Waals surface area contributed by atoms with Crippen LogP contribution in [0.15, 0.2) is 12.2 Å².